The molecule has 0 bridgehead atoms. The van der Waals surface area contributed by atoms with E-state index in [0.717, 1.165) is 25.6 Å². The van der Waals surface area contributed by atoms with Crippen LogP contribution in [0.1, 0.15) is 38.0 Å². The summed E-state index contributed by atoms with van der Waals surface area (Å²) < 4.78 is 0. The second-order valence-corrected chi connectivity index (χ2v) is 4.94. The van der Waals surface area contributed by atoms with E-state index in [2.05, 4.69) is 47.0 Å². The third kappa shape index (κ3) is 7.92. The van der Waals surface area contributed by atoms with Gasteiger partial charge in [0, 0.05) is 18.0 Å². The van der Waals surface area contributed by atoms with Gasteiger partial charge in [-0.05, 0) is 24.8 Å². The first kappa shape index (κ1) is 17.7. The Labute approximate surface area is 131 Å². The van der Waals surface area contributed by atoms with Gasteiger partial charge in [0.2, 0.25) is 0 Å². The second kappa shape index (κ2) is 11.8. The Balaban J connectivity index is 0.00000289. The van der Waals surface area contributed by atoms with Crippen LogP contribution < -0.4 is 10.6 Å². The van der Waals surface area contributed by atoms with Crippen molar-refractivity contribution in [3.63, 3.8) is 0 Å². The number of hydrogen-bond acceptors (Lipinski definition) is 2. The molecule has 104 valence electrons. The van der Waals surface area contributed by atoms with E-state index in [4.69, 9.17) is 0 Å². The summed E-state index contributed by atoms with van der Waals surface area (Å²) in [5, 5.41) is 8.72. The first-order valence-electron chi connectivity index (χ1n) is 6.41. The number of nitrogens with zero attached hydrogens (tertiary/aromatic N) is 1. The average molecular weight is 381 g/mol. The van der Waals surface area contributed by atoms with Crippen LogP contribution in [0.15, 0.2) is 22.5 Å². The first-order chi connectivity index (χ1) is 8.36. The lowest BCUT2D eigenvalue weighted by Gasteiger charge is -2.10. The van der Waals surface area contributed by atoms with E-state index in [9.17, 15) is 0 Å². The molecular formula is C13H24IN3S. The molecule has 0 spiro atoms. The Hall–Kier alpha value is -0.300. The van der Waals surface area contributed by atoms with Gasteiger partial charge in [0.1, 0.15) is 0 Å². The van der Waals surface area contributed by atoms with Crippen molar-refractivity contribution >= 4 is 41.3 Å². The topological polar surface area (TPSA) is 36.4 Å². The molecule has 0 aliphatic heterocycles. The number of halogens is 1. The van der Waals surface area contributed by atoms with E-state index < -0.39 is 0 Å². The van der Waals surface area contributed by atoms with Crippen LogP contribution in [0.5, 0.6) is 0 Å². The molecule has 0 saturated carbocycles. The summed E-state index contributed by atoms with van der Waals surface area (Å²) in [6.07, 6.45) is 3.74. The largest absolute Gasteiger partial charge is 0.357 e. The van der Waals surface area contributed by atoms with E-state index in [1.165, 1.54) is 24.1 Å². The van der Waals surface area contributed by atoms with Gasteiger partial charge in [0.05, 0.1) is 6.54 Å². The van der Waals surface area contributed by atoms with Gasteiger partial charge in [0.15, 0.2) is 5.96 Å². The Morgan fingerprint density at radius 3 is 2.72 bits per heavy atom. The predicted octanol–water partition coefficient (Wildman–Crippen LogP) is 3.61. The average Bonchev–Trinajstić information content (AvgIpc) is 2.84. The number of unbranched alkanes of at least 4 members (excludes halogenated alkanes) is 2. The zero-order valence-corrected chi connectivity index (χ0v) is 14.4. The number of thiophene rings is 1. The SMILES string of the molecule is CCCCCNC(=NCc1cccs1)NCC.I. The van der Waals surface area contributed by atoms with Crippen molar-refractivity contribution < 1.29 is 0 Å². The van der Waals surface area contributed by atoms with Crippen molar-refractivity contribution in [2.24, 2.45) is 4.99 Å². The number of aliphatic imine (C=N–C) groups is 1. The Kier molecular flexibility index (Phi) is 11.6. The van der Waals surface area contributed by atoms with Crippen LogP contribution >= 0.6 is 35.3 Å². The molecule has 0 radical (unpaired) electrons. The fourth-order valence-electron chi connectivity index (χ4n) is 1.48. The molecule has 18 heavy (non-hydrogen) atoms. The Morgan fingerprint density at radius 1 is 1.28 bits per heavy atom. The van der Waals surface area contributed by atoms with Crippen LogP contribution in [-0.4, -0.2) is 19.0 Å². The summed E-state index contributed by atoms with van der Waals surface area (Å²) in [4.78, 5) is 5.86. The molecule has 0 aromatic carbocycles. The van der Waals surface area contributed by atoms with E-state index in [1.54, 1.807) is 11.3 Å². The predicted molar refractivity (Wildman–Crippen MR) is 92.1 cm³/mol. The van der Waals surface area contributed by atoms with E-state index in [0.29, 0.717) is 0 Å². The number of rotatable bonds is 7. The molecule has 0 aliphatic rings. The summed E-state index contributed by atoms with van der Waals surface area (Å²) >= 11 is 1.75. The quantitative estimate of drug-likeness (QED) is 0.328. The molecular weight excluding hydrogens is 357 g/mol. The zero-order valence-electron chi connectivity index (χ0n) is 11.2. The molecule has 0 amide bonds. The maximum atomic E-state index is 4.56. The highest BCUT2D eigenvalue weighted by atomic mass is 127. The van der Waals surface area contributed by atoms with E-state index in [-0.39, 0.29) is 24.0 Å². The molecule has 1 aromatic heterocycles. The molecule has 5 heteroatoms. The second-order valence-electron chi connectivity index (χ2n) is 3.91. The molecule has 1 heterocycles. The molecule has 0 aliphatic carbocycles. The van der Waals surface area contributed by atoms with Gasteiger partial charge in [-0.3, -0.25) is 0 Å². The minimum Gasteiger partial charge on any atom is -0.357 e. The molecule has 0 atom stereocenters. The minimum absolute atomic E-state index is 0. The van der Waals surface area contributed by atoms with Gasteiger partial charge < -0.3 is 10.6 Å². The highest BCUT2D eigenvalue weighted by molar-refractivity contribution is 14.0. The van der Waals surface area contributed by atoms with Crippen molar-refractivity contribution in [3.05, 3.63) is 22.4 Å². The number of guanidine groups is 1. The maximum Gasteiger partial charge on any atom is 0.191 e. The highest BCUT2D eigenvalue weighted by Gasteiger charge is 1.97. The lowest BCUT2D eigenvalue weighted by Crippen LogP contribution is -2.37. The van der Waals surface area contributed by atoms with Gasteiger partial charge in [-0.15, -0.1) is 35.3 Å². The first-order valence-corrected chi connectivity index (χ1v) is 7.29. The maximum absolute atomic E-state index is 4.56. The smallest absolute Gasteiger partial charge is 0.191 e. The Morgan fingerprint density at radius 2 is 2.11 bits per heavy atom. The number of nitrogens with one attached hydrogen (secondary N) is 2. The van der Waals surface area contributed by atoms with Crippen molar-refractivity contribution in [2.45, 2.75) is 39.7 Å². The minimum atomic E-state index is 0. The fraction of sp³-hybridized carbons (Fsp3) is 0.615. The van der Waals surface area contributed by atoms with Gasteiger partial charge in [-0.25, -0.2) is 4.99 Å². The van der Waals surface area contributed by atoms with Gasteiger partial charge >= 0.3 is 0 Å². The normalized spacial score (nSPS) is 10.9. The van der Waals surface area contributed by atoms with Crippen LogP contribution in [0.4, 0.5) is 0 Å². The Bertz CT molecular complexity index is 312. The third-order valence-electron chi connectivity index (χ3n) is 2.39. The van der Waals surface area contributed by atoms with Crippen LogP contribution in [-0.2, 0) is 6.54 Å². The van der Waals surface area contributed by atoms with Crippen molar-refractivity contribution in [1.29, 1.82) is 0 Å². The fourth-order valence-corrected chi connectivity index (χ4v) is 2.11. The van der Waals surface area contributed by atoms with Gasteiger partial charge in [0.25, 0.3) is 0 Å². The summed E-state index contributed by atoms with van der Waals surface area (Å²) in [7, 11) is 0. The molecule has 2 N–H and O–H groups in total. The molecule has 3 nitrogen and oxygen atoms in total. The summed E-state index contributed by atoms with van der Waals surface area (Å²) in [5.74, 6) is 0.928. The van der Waals surface area contributed by atoms with Crippen molar-refractivity contribution in [3.8, 4) is 0 Å². The van der Waals surface area contributed by atoms with Crippen LogP contribution in [0, 0.1) is 0 Å². The third-order valence-corrected chi connectivity index (χ3v) is 3.25. The summed E-state index contributed by atoms with van der Waals surface area (Å²) in [6.45, 7) is 6.99. The molecule has 0 unspecified atom stereocenters. The van der Waals surface area contributed by atoms with Crippen LogP contribution in [0.3, 0.4) is 0 Å². The van der Waals surface area contributed by atoms with Crippen molar-refractivity contribution in [1.82, 2.24) is 10.6 Å². The number of hydrogen-bond donors (Lipinski definition) is 2. The lowest BCUT2D eigenvalue weighted by atomic mass is 10.2. The molecule has 1 aromatic rings. The summed E-state index contributed by atoms with van der Waals surface area (Å²) in [6, 6.07) is 4.19. The van der Waals surface area contributed by atoms with Gasteiger partial charge in [-0.1, -0.05) is 25.8 Å². The monoisotopic (exact) mass is 381 g/mol. The van der Waals surface area contributed by atoms with E-state index in [1.807, 2.05) is 0 Å². The summed E-state index contributed by atoms with van der Waals surface area (Å²) in [5.41, 5.74) is 0. The zero-order chi connectivity index (χ0) is 12.3. The van der Waals surface area contributed by atoms with Crippen LogP contribution in [0.25, 0.3) is 0 Å². The highest BCUT2D eigenvalue weighted by Crippen LogP contribution is 2.09. The van der Waals surface area contributed by atoms with Crippen molar-refractivity contribution in [2.75, 3.05) is 13.1 Å². The van der Waals surface area contributed by atoms with E-state index >= 15 is 0 Å². The standard InChI is InChI=1S/C13H23N3S.HI/c1-3-5-6-9-15-13(14-4-2)16-11-12-8-7-10-17-12;/h7-8,10H,3-6,9,11H2,1-2H3,(H2,14,15,16);1H. The van der Waals surface area contributed by atoms with Crippen LogP contribution in [0.2, 0.25) is 0 Å². The van der Waals surface area contributed by atoms with Gasteiger partial charge in [-0.2, -0.15) is 0 Å². The lowest BCUT2D eigenvalue weighted by molar-refractivity contribution is 0.683. The molecule has 0 saturated heterocycles. The molecule has 1 rings (SSSR count). The molecule has 0 fully saturated rings.